The van der Waals surface area contributed by atoms with Crippen LogP contribution < -0.4 is 10.6 Å². The van der Waals surface area contributed by atoms with Crippen LogP contribution >= 0.6 is 11.6 Å². The van der Waals surface area contributed by atoms with Crippen molar-refractivity contribution in [3.8, 4) is 0 Å². The predicted molar refractivity (Wildman–Crippen MR) is 109 cm³/mol. The summed E-state index contributed by atoms with van der Waals surface area (Å²) in [6.45, 7) is 0.303. The van der Waals surface area contributed by atoms with Gasteiger partial charge in [0.25, 0.3) is 0 Å². The lowest BCUT2D eigenvalue weighted by molar-refractivity contribution is 0.251. The fourth-order valence-electron chi connectivity index (χ4n) is 2.55. The molecular formula is C20H17ClFN3O3S. The second-order valence-corrected chi connectivity index (χ2v) is 8.61. The van der Waals surface area contributed by atoms with Gasteiger partial charge in [-0.3, -0.25) is 4.98 Å². The molecule has 0 atom stereocenters. The van der Waals surface area contributed by atoms with E-state index in [1.54, 1.807) is 18.5 Å². The van der Waals surface area contributed by atoms with Gasteiger partial charge in [0, 0.05) is 35.2 Å². The molecule has 0 aliphatic carbocycles. The Labute approximate surface area is 172 Å². The SMILES string of the molecule is O=C(NCc1cccnc1)Nc1ccc(S(=O)(=O)Cc2cc(Cl)ccc2F)cc1. The van der Waals surface area contributed by atoms with Gasteiger partial charge in [0.1, 0.15) is 5.82 Å². The Morgan fingerprint density at radius 1 is 1.10 bits per heavy atom. The van der Waals surface area contributed by atoms with Gasteiger partial charge in [0.2, 0.25) is 0 Å². The van der Waals surface area contributed by atoms with Crippen LogP contribution in [0.4, 0.5) is 14.9 Å². The summed E-state index contributed by atoms with van der Waals surface area (Å²) >= 11 is 5.81. The molecule has 0 radical (unpaired) electrons. The zero-order valence-corrected chi connectivity index (χ0v) is 16.7. The fourth-order valence-corrected chi connectivity index (χ4v) is 4.09. The van der Waals surface area contributed by atoms with E-state index in [2.05, 4.69) is 15.6 Å². The number of sulfone groups is 1. The van der Waals surface area contributed by atoms with E-state index < -0.39 is 27.4 Å². The molecule has 6 nitrogen and oxygen atoms in total. The number of urea groups is 1. The summed E-state index contributed by atoms with van der Waals surface area (Å²) in [5.74, 6) is -1.15. The molecule has 0 spiro atoms. The minimum atomic E-state index is -3.78. The number of rotatable bonds is 6. The zero-order chi connectivity index (χ0) is 20.9. The van der Waals surface area contributed by atoms with Gasteiger partial charge < -0.3 is 10.6 Å². The van der Waals surface area contributed by atoms with Crippen LogP contribution in [0, 0.1) is 5.82 Å². The van der Waals surface area contributed by atoms with Crippen molar-refractivity contribution in [1.82, 2.24) is 10.3 Å². The first-order valence-corrected chi connectivity index (χ1v) is 10.6. The highest BCUT2D eigenvalue weighted by Crippen LogP contribution is 2.22. The molecule has 3 aromatic rings. The minimum absolute atomic E-state index is 0.00511. The van der Waals surface area contributed by atoms with E-state index in [1.165, 1.54) is 36.4 Å². The largest absolute Gasteiger partial charge is 0.334 e. The second-order valence-electron chi connectivity index (χ2n) is 6.19. The Kier molecular flexibility index (Phi) is 6.46. The number of hydrogen-bond acceptors (Lipinski definition) is 4. The molecule has 0 unspecified atom stereocenters. The van der Waals surface area contributed by atoms with Crippen LogP contribution in [0.2, 0.25) is 5.02 Å². The van der Waals surface area contributed by atoms with Crippen molar-refractivity contribution >= 4 is 33.2 Å². The van der Waals surface area contributed by atoms with E-state index in [4.69, 9.17) is 11.6 Å². The maximum atomic E-state index is 13.8. The van der Waals surface area contributed by atoms with Crippen LogP contribution in [0.3, 0.4) is 0 Å². The molecule has 150 valence electrons. The first-order valence-electron chi connectivity index (χ1n) is 8.54. The number of carbonyl (C=O) groups excluding carboxylic acids is 1. The van der Waals surface area contributed by atoms with Gasteiger partial charge in [-0.05, 0) is 54.1 Å². The van der Waals surface area contributed by atoms with Gasteiger partial charge in [-0.1, -0.05) is 17.7 Å². The highest BCUT2D eigenvalue weighted by atomic mass is 35.5. The van der Waals surface area contributed by atoms with Crippen molar-refractivity contribution < 1.29 is 17.6 Å². The average Bonchev–Trinajstić information content (AvgIpc) is 2.70. The molecule has 0 aliphatic rings. The number of pyridine rings is 1. The van der Waals surface area contributed by atoms with Crippen LogP contribution in [0.15, 0.2) is 71.9 Å². The fraction of sp³-hybridized carbons (Fsp3) is 0.100. The van der Waals surface area contributed by atoms with Gasteiger partial charge in [0.15, 0.2) is 9.84 Å². The van der Waals surface area contributed by atoms with Crippen molar-refractivity contribution in [2.24, 2.45) is 0 Å². The normalized spacial score (nSPS) is 11.1. The molecule has 1 heterocycles. The van der Waals surface area contributed by atoms with Gasteiger partial charge >= 0.3 is 6.03 Å². The number of anilines is 1. The third kappa shape index (κ3) is 5.75. The van der Waals surface area contributed by atoms with Crippen molar-refractivity contribution in [3.63, 3.8) is 0 Å². The number of aromatic nitrogens is 1. The molecule has 29 heavy (non-hydrogen) atoms. The second kappa shape index (κ2) is 9.02. The summed E-state index contributed by atoms with van der Waals surface area (Å²) in [7, 11) is -3.78. The first-order chi connectivity index (χ1) is 13.8. The standard InChI is InChI=1S/C20H17ClFN3O3S/c21-16-3-8-19(22)15(10-16)13-29(27,28)18-6-4-17(5-7-18)25-20(26)24-12-14-2-1-9-23-11-14/h1-11H,12-13H2,(H2,24,25,26). The number of benzene rings is 2. The maximum Gasteiger partial charge on any atom is 0.319 e. The Morgan fingerprint density at radius 3 is 2.55 bits per heavy atom. The smallest absolute Gasteiger partial charge is 0.319 e. The Balaban J connectivity index is 1.63. The number of amides is 2. The zero-order valence-electron chi connectivity index (χ0n) is 15.1. The third-order valence-corrected chi connectivity index (χ3v) is 5.92. The summed E-state index contributed by atoms with van der Waals surface area (Å²) in [5, 5.41) is 5.55. The monoisotopic (exact) mass is 433 g/mol. The molecule has 2 amide bonds. The lowest BCUT2D eigenvalue weighted by Gasteiger charge is -2.09. The molecule has 3 rings (SSSR count). The molecule has 0 aliphatic heterocycles. The number of hydrogen-bond donors (Lipinski definition) is 2. The number of nitrogens with one attached hydrogen (secondary N) is 2. The van der Waals surface area contributed by atoms with E-state index in [9.17, 15) is 17.6 Å². The molecule has 9 heteroatoms. The van der Waals surface area contributed by atoms with E-state index in [0.29, 0.717) is 12.2 Å². The molecule has 1 aromatic heterocycles. The van der Waals surface area contributed by atoms with Crippen molar-refractivity contribution in [2.75, 3.05) is 5.32 Å². The van der Waals surface area contributed by atoms with Crippen LogP contribution in [0.1, 0.15) is 11.1 Å². The Bertz CT molecular complexity index is 1110. The van der Waals surface area contributed by atoms with Crippen molar-refractivity contribution in [2.45, 2.75) is 17.2 Å². The number of nitrogens with zero attached hydrogens (tertiary/aromatic N) is 1. The molecule has 0 bridgehead atoms. The first kappa shape index (κ1) is 20.8. The van der Waals surface area contributed by atoms with Crippen LogP contribution in [0.5, 0.6) is 0 Å². The van der Waals surface area contributed by atoms with Crippen molar-refractivity contribution in [3.05, 3.63) is 89.0 Å². The van der Waals surface area contributed by atoms with E-state index in [0.717, 1.165) is 11.6 Å². The van der Waals surface area contributed by atoms with E-state index in [-0.39, 0.29) is 15.5 Å². The topological polar surface area (TPSA) is 88.2 Å². The minimum Gasteiger partial charge on any atom is -0.334 e. The molecule has 2 N–H and O–H groups in total. The van der Waals surface area contributed by atoms with E-state index in [1.807, 2.05) is 6.07 Å². The maximum absolute atomic E-state index is 13.8. The third-order valence-electron chi connectivity index (χ3n) is 4.00. The summed E-state index contributed by atoms with van der Waals surface area (Å²) < 4.78 is 38.9. The predicted octanol–water partition coefficient (Wildman–Crippen LogP) is 4.17. The highest BCUT2D eigenvalue weighted by molar-refractivity contribution is 7.90. The van der Waals surface area contributed by atoms with Gasteiger partial charge in [-0.15, -0.1) is 0 Å². The van der Waals surface area contributed by atoms with Crippen LogP contribution in [-0.4, -0.2) is 19.4 Å². The highest BCUT2D eigenvalue weighted by Gasteiger charge is 2.18. The Hall–Kier alpha value is -2.97. The summed E-state index contributed by atoms with van der Waals surface area (Å²) in [6, 6.07) is 12.6. The number of halogens is 2. The van der Waals surface area contributed by atoms with Gasteiger partial charge in [-0.25, -0.2) is 17.6 Å². The average molecular weight is 434 g/mol. The van der Waals surface area contributed by atoms with Gasteiger partial charge in [0.05, 0.1) is 10.6 Å². The summed E-state index contributed by atoms with van der Waals surface area (Å²) in [4.78, 5) is 15.9. The lowest BCUT2D eigenvalue weighted by Crippen LogP contribution is -2.28. The van der Waals surface area contributed by atoms with Gasteiger partial charge in [-0.2, -0.15) is 0 Å². The van der Waals surface area contributed by atoms with Crippen LogP contribution in [0.25, 0.3) is 0 Å². The molecule has 2 aromatic carbocycles. The van der Waals surface area contributed by atoms with Crippen LogP contribution in [-0.2, 0) is 22.1 Å². The molecule has 0 saturated heterocycles. The molecule has 0 saturated carbocycles. The van der Waals surface area contributed by atoms with E-state index >= 15 is 0 Å². The quantitative estimate of drug-likeness (QED) is 0.610. The van der Waals surface area contributed by atoms with Crippen molar-refractivity contribution in [1.29, 1.82) is 0 Å². The molecular weight excluding hydrogens is 417 g/mol. The number of carbonyl (C=O) groups is 1. The summed E-state index contributed by atoms with van der Waals surface area (Å²) in [5.41, 5.74) is 1.26. The molecule has 0 fully saturated rings. The summed E-state index contributed by atoms with van der Waals surface area (Å²) in [6.07, 6.45) is 3.28. The lowest BCUT2D eigenvalue weighted by atomic mass is 10.2. The Morgan fingerprint density at radius 2 is 1.86 bits per heavy atom.